The van der Waals surface area contributed by atoms with Gasteiger partial charge >= 0.3 is 0 Å². The molecule has 1 aromatic heterocycles. The molecule has 0 N–H and O–H groups in total. The van der Waals surface area contributed by atoms with Crippen molar-refractivity contribution in [2.45, 2.75) is 0 Å². The van der Waals surface area contributed by atoms with Crippen molar-refractivity contribution in [3.63, 3.8) is 0 Å². The number of aromatic nitrogens is 1. The predicted molar refractivity (Wildman–Crippen MR) is 65.0 cm³/mol. The lowest BCUT2D eigenvalue weighted by Crippen LogP contribution is -1.80. The molecular weight excluding hydrogens is 198 g/mol. The number of carbonyl (C=O) groups excluding carboxylic acids is 1. The minimum absolute atomic E-state index is 0.688. The molecule has 16 heavy (non-hydrogen) atoms. The summed E-state index contributed by atoms with van der Waals surface area (Å²) in [6, 6.07) is 11.3. The molecule has 1 heterocycles. The molecule has 0 aliphatic rings. The fourth-order valence-electron chi connectivity index (χ4n) is 1.40. The Kier molecular flexibility index (Phi) is 3.24. The molecule has 78 valence electrons. The van der Waals surface area contributed by atoms with Crippen molar-refractivity contribution < 1.29 is 4.79 Å². The second kappa shape index (κ2) is 5.03. The van der Waals surface area contributed by atoms with E-state index in [1.165, 1.54) is 0 Å². The van der Waals surface area contributed by atoms with Crippen molar-refractivity contribution in [1.29, 1.82) is 0 Å². The molecule has 0 saturated carbocycles. The van der Waals surface area contributed by atoms with Crippen molar-refractivity contribution in [3.05, 3.63) is 65.5 Å². The van der Waals surface area contributed by atoms with Crippen LogP contribution in [-0.2, 0) is 0 Å². The molecule has 0 aliphatic carbocycles. The van der Waals surface area contributed by atoms with Crippen LogP contribution in [0, 0.1) is 0 Å². The number of rotatable bonds is 3. The smallest absolute Gasteiger partial charge is 0.150 e. The topological polar surface area (TPSA) is 30.0 Å². The maximum absolute atomic E-state index is 10.6. The molecule has 1 aromatic carbocycles. The van der Waals surface area contributed by atoms with Crippen LogP contribution in [0.2, 0.25) is 0 Å². The zero-order chi connectivity index (χ0) is 11.2. The van der Waals surface area contributed by atoms with E-state index in [4.69, 9.17) is 0 Å². The number of nitrogens with zero attached hydrogens (tertiary/aromatic N) is 1. The van der Waals surface area contributed by atoms with Gasteiger partial charge in [0.1, 0.15) is 6.29 Å². The number of hydrogen-bond donors (Lipinski definition) is 0. The van der Waals surface area contributed by atoms with Crippen molar-refractivity contribution in [2.24, 2.45) is 0 Å². The first-order valence-corrected chi connectivity index (χ1v) is 5.02. The molecule has 2 nitrogen and oxygen atoms in total. The summed E-state index contributed by atoms with van der Waals surface area (Å²) in [6.45, 7) is 0. The standard InChI is InChI=1S/C14H11NO/c16-11-14-4-1-3-12(9-14)6-7-13-5-2-8-15-10-13/h1-11H. The van der Waals surface area contributed by atoms with E-state index in [9.17, 15) is 4.79 Å². The van der Waals surface area contributed by atoms with Gasteiger partial charge in [0.2, 0.25) is 0 Å². The highest BCUT2D eigenvalue weighted by atomic mass is 16.1. The van der Waals surface area contributed by atoms with Gasteiger partial charge in [-0.25, -0.2) is 0 Å². The molecule has 2 heteroatoms. The first-order valence-electron chi connectivity index (χ1n) is 5.02. The SMILES string of the molecule is O=Cc1cccc(C=Cc2cccnc2)c1. The first kappa shape index (κ1) is 10.3. The molecule has 2 aromatic rings. The van der Waals surface area contributed by atoms with E-state index < -0.39 is 0 Å². The summed E-state index contributed by atoms with van der Waals surface area (Å²) in [5.74, 6) is 0. The van der Waals surface area contributed by atoms with Gasteiger partial charge in [-0.1, -0.05) is 36.4 Å². The van der Waals surface area contributed by atoms with Gasteiger partial charge in [-0.2, -0.15) is 0 Å². The Morgan fingerprint density at radius 2 is 1.69 bits per heavy atom. The molecule has 0 fully saturated rings. The number of benzene rings is 1. The summed E-state index contributed by atoms with van der Waals surface area (Å²) >= 11 is 0. The van der Waals surface area contributed by atoms with Crippen LogP contribution in [0.15, 0.2) is 48.8 Å². The van der Waals surface area contributed by atoms with Crippen LogP contribution in [0.5, 0.6) is 0 Å². The summed E-state index contributed by atoms with van der Waals surface area (Å²) in [5.41, 5.74) is 2.74. The highest BCUT2D eigenvalue weighted by Gasteiger charge is 1.91. The molecular formula is C14H11NO. The summed E-state index contributed by atoms with van der Waals surface area (Å²) < 4.78 is 0. The molecule has 0 spiro atoms. The van der Waals surface area contributed by atoms with Crippen LogP contribution in [0.3, 0.4) is 0 Å². The Hall–Kier alpha value is -2.22. The minimum Gasteiger partial charge on any atom is -0.298 e. The third-order valence-corrected chi connectivity index (χ3v) is 2.20. The van der Waals surface area contributed by atoms with Crippen LogP contribution >= 0.6 is 0 Å². The van der Waals surface area contributed by atoms with Gasteiger partial charge in [0.25, 0.3) is 0 Å². The fraction of sp³-hybridized carbons (Fsp3) is 0. The van der Waals surface area contributed by atoms with Gasteiger partial charge in [-0.3, -0.25) is 9.78 Å². The van der Waals surface area contributed by atoms with Crippen molar-refractivity contribution in [1.82, 2.24) is 4.98 Å². The predicted octanol–water partition coefficient (Wildman–Crippen LogP) is 3.06. The van der Waals surface area contributed by atoms with E-state index in [1.54, 1.807) is 18.5 Å². The lowest BCUT2D eigenvalue weighted by molar-refractivity contribution is 0.112. The van der Waals surface area contributed by atoms with E-state index in [0.717, 1.165) is 17.4 Å². The zero-order valence-corrected chi connectivity index (χ0v) is 8.71. The lowest BCUT2D eigenvalue weighted by atomic mass is 10.1. The van der Waals surface area contributed by atoms with Crippen molar-refractivity contribution in [2.75, 3.05) is 0 Å². The van der Waals surface area contributed by atoms with E-state index >= 15 is 0 Å². The monoisotopic (exact) mass is 209 g/mol. The molecule has 0 unspecified atom stereocenters. The van der Waals surface area contributed by atoms with Gasteiger partial charge in [0.05, 0.1) is 0 Å². The first-order chi connectivity index (χ1) is 7.88. The molecule has 0 radical (unpaired) electrons. The molecule has 2 rings (SSSR count). The van der Waals surface area contributed by atoms with Crippen LogP contribution < -0.4 is 0 Å². The van der Waals surface area contributed by atoms with Gasteiger partial charge in [-0.05, 0) is 23.3 Å². The molecule has 0 amide bonds. The zero-order valence-electron chi connectivity index (χ0n) is 8.71. The van der Waals surface area contributed by atoms with E-state index in [-0.39, 0.29) is 0 Å². The maximum Gasteiger partial charge on any atom is 0.150 e. The Morgan fingerprint density at radius 1 is 0.938 bits per heavy atom. The highest BCUT2D eigenvalue weighted by molar-refractivity contribution is 5.78. The summed E-state index contributed by atoms with van der Waals surface area (Å²) in [6.07, 6.45) is 8.31. The third kappa shape index (κ3) is 2.64. The Labute approximate surface area is 94.3 Å². The van der Waals surface area contributed by atoms with Crippen molar-refractivity contribution >= 4 is 18.4 Å². The second-order valence-corrected chi connectivity index (χ2v) is 3.41. The fourth-order valence-corrected chi connectivity index (χ4v) is 1.40. The van der Waals surface area contributed by atoms with Crippen LogP contribution in [0.4, 0.5) is 0 Å². The number of pyridine rings is 1. The largest absolute Gasteiger partial charge is 0.298 e. The van der Waals surface area contributed by atoms with Gasteiger partial charge in [0, 0.05) is 18.0 Å². The Morgan fingerprint density at radius 3 is 2.44 bits per heavy atom. The molecule has 0 aliphatic heterocycles. The van der Waals surface area contributed by atoms with Gasteiger partial charge < -0.3 is 0 Å². The maximum atomic E-state index is 10.6. The van der Waals surface area contributed by atoms with Crippen LogP contribution in [-0.4, -0.2) is 11.3 Å². The average Bonchev–Trinajstić information content (AvgIpc) is 2.38. The van der Waals surface area contributed by atoms with E-state index in [1.807, 2.05) is 42.5 Å². The molecule has 0 atom stereocenters. The summed E-state index contributed by atoms with van der Waals surface area (Å²) in [7, 11) is 0. The molecule has 0 saturated heterocycles. The third-order valence-electron chi connectivity index (χ3n) is 2.20. The average molecular weight is 209 g/mol. The number of carbonyl (C=O) groups is 1. The number of aldehydes is 1. The van der Waals surface area contributed by atoms with Crippen LogP contribution in [0.25, 0.3) is 12.2 Å². The molecule has 0 bridgehead atoms. The van der Waals surface area contributed by atoms with E-state index in [2.05, 4.69) is 4.98 Å². The summed E-state index contributed by atoms with van der Waals surface area (Å²) in [5, 5.41) is 0. The summed E-state index contributed by atoms with van der Waals surface area (Å²) in [4.78, 5) is 14.6. The number of hydrogen-bond acceptors (Lipinski definition) is 2. The van der Waals surface area contributed by atoms with Gasteiger partial charge in [0.15, 0.2) is 0 Å². The van der Waals surface area contributed by atoms with E-state index in [0.29, 0.717) is 5.56 Å². The minimum atomic E-state index is 0.688. The van der Waals surface area contributed by atoms with Crippen LogP contribution in [0.1, 0.15) is 21.5 Å². The Balaban J connectivity index is 2.20. The normalized spacial score (nSPS) is 10.5. The quantitative estimate of drug-likeness (QED) is 0.727. The van der Waals surface area contributed by atoms with Crippen molar-refractivity contribution in [3.8, 4) is 0 Å². The second-order valence-electron chi connectivity index (χ2n) is 3.41. The Bertz CT molecular complexity index is 503. The lowest BCUT2D eigenvalue weighted by Gasteiger charge is -1.95. The highest BCUT2D eigenvalue weighted by Crippen LogP contribution is 2.08. The van der Waals surface area contributed by atoms with Gasteiger partial charge in [-0.15, -0.1) is 0 Å².